The third-order valence-electron chi connectivity index (χ3n) is 4.57. The zero-order valence-electron chi connectivity index (χ0n) is 14.5. The number of nitrogens with one attached hydrogen (secondary N) is 1. The number of piperazine rings is 1. The minimum absolute atomic E-state index is 0.0379. The second kappa shape index (κ2) is 7.49. The van der Waals surface area contributed by atoms with Gasteiger partial charge in [0.05, 0.1) is 12.1 Å². The molecule has 8 heteroatoms. The molecule has 4 rings (SSSR count). The standard InChI is InChI=1S/C18H21N7O/c26-17(21-13-15-3-1-8-25-16(15)4-7-22-25)14-23-9-11-24(12-10-23)18-19-5-2-6-20-18/h1-8H,9-14H2,(H,21,26). The monoisotopic (exact) mass is 351 g/mol. The number of carbonyl (C=O) groups excluding carboxylic acids is 1. The molecule has 0 saturated carbocycles. The molecule has 0 radical (unpaired) electrons. The first-order valence-corrected chi connectivity index (χ1v) is 8.72. The number of anilines is 1. The minimum Gasteiger partial charge on any atom is -0.351 e. The maximum Gasteiger partial charge on any atom is 0.234 e. The summed E-state index contributed by atoms with van der Waals surface area (Å²) in [5.41, 5.74) is 2.08. The lowest BCUT2D eigenvalue weighted by molar-refractivity contribution is -0.122. The van der Waals surface area contributed by atoms with Crippen LogP contribution in [0.25, 0.3) is 5.52 Å². The number of carbonyl (C=O) groups is 1. The van der Waals surface area contributed by atoms with Gasteiger partial charge in [0.15, 0.2) is 0 Å². The Kier molecular flexibility index (Phi) is 4.74. The molecule has 0 atom stereocenters. The zero-order chi connectivity index (χ0) is 17.8. The van der Waals surface area contributed by atoms with E-state index in [1.807, 2.05) is 35.0 Å². The molecule has 1 aliphatic heterocycles. The van der Waals surface area contributed by atoms with Gasteiger partial charge in [0.2, 0.25) is 11.9 Å². The van der Waals surface area contributed by atoms with Crippen LogP contribution in [0.5, 0.6) is 0 Å². The van der Waals surface area contributed by atoms with Gasteiger partial charge < -0.3 is 10.2 Å². The Morgan fingerprint density at radius 2 is 1.85 bits per heavy atom. The van der Waals surface area contributed by atoms with Crippen LogP contribution >= 0.6 is 0 Å². The second-order valence-electron chi connectivity index (χ2n) is 6.28. The van der Waals surface area contributed by atoms with Gasteiger partial charge in [0.25, 0.3) is 0 Å². The van der Waals surface area contributed by atoms with Crippen molar-refractivity contribution >= 4 is 17.4 Å². The van der Waals surface area contributed by atoms with Gasteiger partial charge in [0.1, 0.15) is 0 Å². The van der Waals surface area contributed by atoms with E-state index in [1.54, 1.807) is 18.6 Å². The lowest BCUT2D eigenvalue weighted by Gasteiger charge is -2.34. The Hall–Kier alpha value is -3.00. The average Bonchev–Trinajstić information content (AvgIpc) is 3.17. The molecule has 1 N–H and O–H groups in total. The average molecular weight is 351 g/mol. The number of hydrogen-bond acceptors (Lipinski definition) is 6. The normalized spacial score (nSPS) is 15.3. The van der Waals surface area contributed by atoms with Gasteiger partial charge in [-0.3, -0.25) is 9.69 Å². The highest BCUT2D eigenvalue weighted by molar-refractivity contribution is 5.78. The summed E-state index contributed by atoms with van der Waals surface area (Å²) in [5, 5.41) is 7.22. The molecule has 3 aromatic rings. The van der Waals surface area contributed by atoms with Crippen LogP contribution in [0.2, 0.25) is 0 Å². The fourth-order valence-corrected chi connectivity index (χ4v) is 3.18. The van der Waals surface area contributed by atoms with Crippen LogP contribution < -0.4 is 10.2 Å². The number of pyridine rings is 1. The molecule has 1 amide bonds. The maximum atomic E-state index is 12.3. The van der Waals surface area contributed by atoms with Gasteiger partial charge in [-0.25, -0.2) is 14.5 Å². The van der Waals surface area contributed by atoms with E-state index in [0.717, 1.165) is 43.2 Å². The van der Waals surface area contributed by atoms with Crippen LogP contribution in [0.4, 0.5) is 5.95 Å². The molecule has 0 aromatic carbocycles. The van der Waals surface area contributed by atoms with Crippen molar-refractivity contribution in [1.29, 1.82) is 0 Å². The number of rotatable bonds is 5. The summed E-state index contributed by atoms with van der Waals surface area (Å²) in [4.78, 5) is 25.2. The highest BCUT2D eigenvalue weighted by atomic mass is 16.2. The lowest BCUT2D eigenvalue weighted by atomic mass is 10.2. The first-order valence-electron chi connectivity index (χ1n) is 8.72. The van der Waals surface area contributed by atoms with Crippen LogP contribution in [0.3, 0.4) is 0 Å². The van der Waals surface area contributed by atoms with E-state index in [1.165, 1.54) is 0 Å². The molecule has 0 bridgehead atoms. The number of hydrogen-bond donors (Lipinski definition) is 1. The lowest BCUT2D eigenvalue weighted by Crippen LogP contribution is -2.49. The van der Waals surface area contributed by atoms with Gasteiger partial charge in [0, 0.05) is 57.5 Å². The third kappa shape index (κ3) is 3.65. The minimum atomic E-state index is 0.0379. The quantitative estimate of drug-likeness (QED) is 0.724. The number of fused-ring (bicyclic) bond motifs is 1. The van der Waals surface area contributed by atoms with E-state index in [2.05, 4.69) is 30.2 Å². The van der Waals surface area contributed by atoms with E-state index < -0.39 is 0 Å². The van der Waals surface area contributed by atoms with Gasteiger partial charge >= 0.3 is 0 Å². The SMILES string of the molecule is O=C(CN1CCN(c2ncccn2)CC1)NCc1cccn2nccc12. The van der Waals surface area contributed by atoms with Gasteiger partial charge in [-0.2, -0.15) is 5.10 Å². The summed E-state index contributed by atoms with van der Waals surface area (Å²) in [6.45, 7) is 4.21. The summed E-state index contributed by atoms with van der Waals surface area (Å²) in [7, 11) is 0. The molecule has 1 saturated heterocycles. The molecule has 26 heavy (non-hydrogen) atoms. The van der Waals surface area contributed by atoms with Crippen molar-refractivity contribution in [2.24, 2.45) is 0 Å². The molecule has 1 fully saturated rings. The van der Waals surface area contributed by atoms with E-state index in [-0.39, 0.29) is 5.91 Å². The van der Waals surface area contributed by atoms with Gasteiger partial charge in [-0.05, 0) is 23.8 Å². The van der Waals surface area contributed by atoms with E-state index in [0.29, 0.717) is 13.1 Å². The number of aromatic nitrogens is 4. The van der Waals surface area contributed by atoms with E-state index >= 15 is 0 Å². The fourth-order valence-electron chi connectivity index (χ4n) is 3.18. The topological polar surface area (TPSA) is 78.7 Å². The third-order valence-corrected chi connectivity index (χ3v) is 4.57. The fraction of sp³-hybridized carbons (Fsp3) is 0.333. The number of nitrogens with zero attached hydrogens (tertiary/aromatic N) is 6. The predicted octanol–water partition coefficient (Wildman–Crippen LogP) is 0.563. The predicted molar refractivity (Wildman–Crippen MR) is 97.7 cm³/mol. The summed E-state index contributed by atoms with van der Waals surface area (Å²) < 4.78 is 1.81. The van der Waals surface area contributed by atoms with Crippen LogP contribution in [0.15, 0.2) is 49.1 Å². The molecule has 0 spiro atoms. The Labute approximate surface area is 151 Å². The molecule has 0 unspecified atom stereocenters. The molecular weight excluding hydrogens is 330 g/mol. The van der Waals surface area contributed by atoms with Crippen molar-refractivity contribution in [2.75, 3.05) is 37.6 Å². The van der Waals surface area contributed by atoms with Crippen molar-refractivity contribution in [3.63, 3.8) is 0 Å². The summed E-state index contributed by atoms with van der Waals surface area (Å²) in [6.07, 6.45) is 7.17. The van der Waals surface area contributed by atoms with Crippen molar-refractivity contribution in [1.82, 2.24) is 29.8 Å². The largest absolute Gasteiger partial charge is 0.351 e. The smallest absolute Gasteiger partial charge is 0.234 e. The Balaban J connectivity index is 1.26. The molecule has 3 aromatic heterocycles. The molecule has 4 heterocycles. The summed E-state index contributed by atoms with van der Waals surface area (Å²) in [5.74, 6) is 0.793. The molecule has 134 valence electrons. The molecule has 8 nitrogen and oxygen atoms in total. The summed E-state index contributed by atoms with van der Waals surface area (Å²) >= 11 is 0. The highest BCUT2D eigenvalue weighted by Crippen LogP contribution is 2.11. The zero-order valence-corrected chi connectivity index (χ0v) is 14.5. The second-order valence-corrected chi connectivity index (χ2v) is 6.28. The van der Waals surface area contributed by atoms with Gasteiger partial charge in [-0.15, -0.1) is 0 Å². The van der Waals surface area contributed by atoms with E-state index in [4.69, 9.17) is 0 Å². The van der Waals surface area contributed by atoms with Crippen molar-refractivity contribution < 1.29 is 4.79 Å². The highest BCUT2D eigenvalue weighted by Gasteiger charge is 2.20. The van der Waals surface area contributed by atoms with Gasteiger partial charge in [-0.1, -0.05) is 6.07 Å². The van der Waals surface area contributed by atoms with Crippen molar-refractivity contribution in [3.05, 3.63) is 54.6 Å². The van der Waals surface area contributed by atoms with Crippen LogP contribution in [-0.4, -0.2) is 63.1 Å². The Morgan fingerprint density at radius 3 is 2.65 bits per heavy atom. The molecular formula is C18H21N7O. The van der Waals surface area contributed by atoms with Crippen molar-refractivity contribution in [2.45, 2.75) is 6.54 Å². The number of amides is 1. The van der Waals surface area contributed by atoms with Crippen LogP contribution in [0.1, 0.15) is 5.56 Å². The Morgan fingerprint density at radius 1 is 1.04 bits per heavy atom. The van der Waals surface area contributed by atoms with Crippen molar-refractivity contribution in [3.8, 4) is 0 Å². The van der Waals surface area contributed by atoms with Crippen LogP contribution in [-0.2, 0) is 11.3 Å². The Bertz CT molecular complexity index is 871. The maximum absolute atomic E-state index is 12.3. The van der Waals surface area contributed by atoms with Crippen LogP contribution in [0, 0.1) is 0 Å². The first kappa shape index (κ1) is 16.5. The molecule has 0 aliphatic carbocycles. The van der Waals surface area contributed by atoms with E-state index in [9.17, 15) is 4.79 Å². The summed E-state index contributed by atoms with van der Waals surface area (Å²) in [6, 6.07) is 7.71. The molecule has 1 aliphatic rings. The first-order chi connectivity index (χ1) is 12.8.